The van der Waals surface area contributed by atoms with E-state index < -0.39 is 0 Å². The molecule has 2 N–H and O–H groups in total. The molecule has 1 amide bonds. The largest absolute Gasteiger partial charge is 0.493 e. The van der Waals surface area contributed by atoms with Crippen molar-refractivity contribution in [2.45, 2.75) is 13.3 Å². The molecule has 7 nitrogen and oxygen atoms in total. The van der Waals surface area contributed by atoms with Crippen LogP contribution in [0.1, 0.15) is 21.5 Å². The van der Waals surface area contributed by atoms with Crippen LogP contribution in [-0.4, -0.2) is 41.9 Å². The number of carbonyl (C=O) groups is 1. The minimum absolute atomic E-state index is 0.254. The van der Waals surface area contributed by atoms with Crippen LogP contribution in [0.5, 0.6) is 11.5 Å². The summed E-state index contributed by atoms with van der Waals surface area (Å²) in [5.41, 5.74) is 5.80. The van der Waals surface area contributed by atoms with Gasteiger partial charge >= 0.3 is 0 Å². The number of halogens is 1. The molecule has 0 atom stereocenters. The predicted molar refractivity (Wildman–Crippen MR) is 145 cm³/mol. The average molecular weight is 511 g/mol. The Kier molecular flexibility index (Phi) is 7.04. The molecule has 3 aromatic carbocycles. The van der Waals surface area contributed by atoms with E-state index in [-0.39, 0.29) is 11.7 Å². The van der Waals surface area contributed by atoms with Crippen LogP contribution >= 0.6 is 0 Å². The van der Waals surface area contributed by atoms with Gasteiger partial charge in [-0.3, -0.25) is 9.89 Å². The van der Waals surface area contributed by atoms with E-state index in [1.807, 2.05) is 49.4 Å². The molecule has 5 rings (SSSR count). The molecule has 0 aliphatic carbocycles. The fourth-order valence-electron chi connectivity index (χ4n) is 4.35. The number of nitrogens with zero attached hydrogens (tertiary/aromatic N) is 2. The Morgan fingerprint density at radius 1 is 0.921 bits per heavy atom. The zero-order chi connectivity index (χ0) is 26.6. The molecule has 0 fully saturated rings. The minimum Gasteiger partial charge on any atom is -0.493 e. The number of H-pyrrole nitrogens is 1. The quantitative estimate of drug-likeness (QED) is 0.278. The number of fused-ring (bicyclic) bond motifs is 1. The number of amides is 1. The molecule has 0 saturated carbocycles. The van der Waals surface area contributed by atoms with E-state index in [0.717, 1.165) is 16.7 Å². The molecule has 0 saturated heterocycles. The molecular weight excluding hydrogens is 483 g/mol. The number of benzene rings is 3. The maximum Gasteiger partial charge on any atom is 0.252 e. The average Bonchev–Trinajstić information content (AvgIpc) is 3.37. The van der Waals surface area contributed by atoms with Gasteiger partial charge in [0.15, 0.2) is 17.1 Å². The van der Waals surface area contributed by atoms with Crippen LogP contribution in [0.3, 0.4) is 0 Å². The Bertz CT molecular complexity index is 1600. The highest BCUT2D eigenvalue weighted by Gasteiger charge is 2.20. The summed E-state index contributed by atoms with van der Waals surface area (Å²) in [4.78, 5) is 18.3. The normalized spacial score (nSPS) is 10.9. The molecule has 192 valence electrons. The van der Waals surface area contributed by atoms with Crippen molar-refractivity contribution < 1.29 is 18.7 Å². The number of carbonyl (C=O) groups excluding carboxylic acids is 1. The van der Waals surface area contributed by atoms with Crippen molar-refractivity contribution in [1.82, 2.24) is 20.5 Å². The smallest absolute Gasteiger partial charge is 0.252 e. The zero-order valence-electron chi connectivity index (χ0n) is 21.3. The Balaban J connectivity index is 1.49. The van der Waals surface area contributed by atoms with E-state index >= 15 is 0 Å². The van der Waals surface area contributed by atoms with Gasteiger partial charge in [0.1, 0.15) is 5.82 Å². The Labute approximate surface area is 219 Å². The molecule has 0 spiro atoms. The number of ether oxygens (including phenoxy) is 2. The third-order valence-corrected chi connectivity index (χ3v) is 6.40. The standard InChI is InChI=1S/C30H27FN4O3/c1-18-4-7-20(8-5-18)24-17-23(27-28(34-35-29(27)33-24)21-9-11-22(31)12-10-21)30(36)32-15-14-19-6-13-25(37-2)26(16-19)38-3/h4-13,16-17H,14-15H2,1-3H3,(H,32,36)(H,33,34,35). The van der Waals surface area contributed by atoms with E-state index in [4.69, 9.17) is 14.5 Å². The maximum absolute atomic E-state index is 13.6. The molecular formula is C30H27FN4O3. The summed E-state index contributed by atoms with van der Waals surface area (Å²) in [6.07, 6.45) is 0.599. The Morgan fingerprint density at radius 2 is 1.63 bits per heavy atom. The summed E-state index contributed by atoms with van der Waals surface area (Å²) in [7, 11) is 3.18. The Hall–Kier alpha value is -4.72. The molecule has 2 aromatic heterocycles. The van der Waals surface area contributed by atoms with Gasteiger partial charge < -0.3 is 14.8 Å². The number of pyridine rings is 1. The van der Waals surface area contributed by atoms with Crippen LogP contribution in [0.2, 0.25) is 0 Å². The van der Waals surface area contributed by atoms with Gasteiger partial charge in [0, 0.05) is 17.7 Å². The lowest BCUT2D eigenvalue weighted by atomic mass is 10.0. The molecule has 0 aliphatic heterocycles. The third-order valence-electron chi connectivity index (χ3n) is 6.40. The lowest BCUT2D eigenvalue weighted by molar-refractivity contribution is 0.0955. The van der Waals surface area contributed by atoms with Crippen LogP contribution in [-0.2, 0) is 6.42 Å². The molecule has 2 heterocycles. The molecule has 5 aromatic rings. The second kappa shape index (κ2) is 10.7. The van der Waals surface area contributed by atoms with Crippen molar-refractivity contribution >= 4 is 16.9 Å². The van der Waals surface area contributed by atoms with E-state index in [1.165, 1.54) is 12.1 Å². The van der Waals surface area contributed by atoms with E-state index in [2.05, 4.69) is 15.5 Å². The van der Waals surface area contributed by atoms with Crippen molar-refractivity contribution in [3.8, 4) is 34.0 Å². The number of hydrogen-bond acceptors (Lipinski definition) is 5. The van der Waals surface area contributed by atoms with Gasteiger partial charge in [-0.15, -0.1) is 0 Å². The SMILES string of the molecule is COc1ccc(CCNC(=O)c2cc(-c3ccc(C)cc3)nc3n[nH]c(-c4ccc(F)cc4)c23)cc1OC. The fraction of sp³-hybridized carbons (Fsp3) is 0.167. The predicted octanol–water partition coefficient (Wildman–Crippen LogP) is 5.73. The highest BCUT2D eigenvalue weighted by Crippen LogP contribution is 2.32. The van der Waals surface area contributed by atoms with Crippen molar-refractivity contribution in [3.05, 3.63) is 95.3 Å². The summed E-state index contributed by atoms with van der Waals surface area (Å²) in [6, 6.07) is 21.4. The van der Waals surface area contributed by atoms with Crippen molar-refractivity contribution in [2.24, 2.45) is 0 Å². The number of aryl methyl sites for hydroxylation is 1. The first kappa shape index (κ1) is 25.0. The van der Waals surface area contributed by atoms with Gasteiger partial charge in [-0.1, -0.05) is 35.9 Å². The van der Waals surface area contributed by atoms with Crippen molar-refractivity contribution in [3.63, 3.8) is 0 Å². The second-order valence-corrected chi connectivity index (χ2v) is 8.92. The van der Waals surface area contributed by atoms with Gasteiger partial charge in [-0.05, 0) is 61.4 Å². The number of methoxy groups -OCH3 is 2. The first-order valence-corrected chi connectivity index (χ1v) is 12.2. The summed E-state index contributed by atoms with van der Waals surface area (Å²) in [5.74, 6) is 0.690. The van der Waals surface area contributed by atoms with Crippen LogP contribution < -0.4 is 14.8 Å². The first-order valence-electron chi connectivity index (χ1n) is 12.2. The van der Waals surface area contributed by atoms with Gasteiger partial charge in [-0.2, -0.15) is 5.10 Å². The lowest BCUT2D eigenvalue weighted by Gasteiger charge is -2.11. The number of nitrogens with one attached hydrogen (secondary N) is 2. The zero-order valence-corrected chi connectivity index (χ0v) is 21.3. The van der Waals surface area contributed by atoms with E-state index in [0.29, 0.717) is 58.0 Å². The second-order valence-electron chi connectivity index (χ2n) is 8.92. The molecule has 0 aliphatic rings. The van der Waals surface area contributed by atoms with Crippen molar-refractivity contribution in [1.29, 1.82) is 0 Å². The van der Waals surface area contributed by atoms with Crippen LogP contribution in [0, 0.1) is 12.7 Å². The molecule has 0 bridgehead atoms. The summed E-state index contributed by atoms with van der Waals surface area (Å²) in [6.45, 7) is 2.42. The van der Waals surface area contributed by atoms with Crippen molar-refractivity contribution in [2.75, 3.05) is 20.8 Å². The molecule has 0 radical (unpaired) electrons. The first-order chi connectivity index (χ1) is 18.5. The minimum atomic E-state index is -0.342. The summed E-state index contributed by atoms with van der Waals surface area (Å²) in [5, 5.41) is 11.0. The summed E-state index contributed by atoms with van der Waals surface area (Å²) >= 11 is 0. The maximum atomic E-state index is 13.6. The van der Waals surface area contributed by atoms with Gasteiger partial charge in [-0.25, -0.2) is 9.37 Å². The van der Waals surface area contributed by atoms with E-state index in [9.17, 15) is 9.18 Å². The monoisotopic (exact) mass is 510 g/mol. The number of aromatic nitrogens is 3. The third kappa shape index (κ3) is 5.06. The van der Waals surface area contributed by atoms with Crippen LogP contribution in [0.15, 0.2) is 72.8 Å². The number of hydrogen-bond donors (Lipinski definition) is 2. The van der Waals surface area contributed by atoms with E-state index in [1.54, 1.807) is 32.4 Å². The number of rotatable bonds is 8. The highest BCUT2D eigenvalue weighted by atomic mass is 19.1. The Morgan fingerprint density at radius 3 is 2.34 bits per heavy atom. The van der Waals surface area contributed by atoms with Gasteiger partial charge in [0.2, 0.25) is 0 Å². The molecule has 0 unspecified atom stereocenters. The van der Waals surface area contributed by atoms with Gasteiger partial charge in [0.05, 0.1) is 36.6 Å². The molecule has 8 heteroatoms. The topological polar surface area (TPSA) is 89.1 Å². The summed E-state index contributed by atoms with van der Waals surface area (Å²) < 4.78 is 24.3. The lowest BCUT2D eigenvalue weighted by Crippen LogP contribution is -2.26. The highest BCUT2D eigenvalue weighted by molar-refractivity contribution is 6.11. The van der Waals surface area contributed by atoms with Crippen LogP contribution in [0.25, 0.3) is 33.5 Å². The van der Waals surface area contributed by atoms with Crippen LogP contribution in [0.4, 0.5) is 4.39 Å². The fourth-order valence-corrected chi connectivity index (χ4v) is 4.35. The number of aromatic amines is 1. The van der Waals surface area contributed by atoms with Gasteiger partial charge in [0.25, 0.3) is 5.91 Å². The molecule has 38 heavy (non-hydrogen) atoms.